The molecule has 21 heavy (non-hydrogen) atoms. The molecule has 1 atom stereocenters. The zero-order valence-corrected chi connectivity index (χ0v) is 13.1. The van der Waals surface area contributed by atoms with Gasteiger partial charge in [0.1, 0.15) is 5.82 Å². The normalized spacial score (nSPS) is 19.3. The van der Waals surface area contributed by atoms with E-state index in [1.54, 1.807) is 0 Å². The van der Waals surface area contributed by atoms with Gasteiger partial charge in [-0.15, -0.1) is 0 Å². The van der Waals surface area contributed by atoms with Crippen molar-refractivity contribution in [2.75, 3.05) is 13.6 Å². The average molecular weight is 285 g/mol. The standard InChI is InChI=1S/C16H23N5/c1-4-9-21-16(7-8-17-21)14-11-13(18-12(2)19-14)15-6-5-10-20(15)3/h7-8,11,15H,4-6,9-10H2,1-3H3/t15-/m0/s1. The Balaban J connectivity index is 1.99. The first kappa shape index (κ1) is 14.2. The van der Waals surface area contributed by atoms with Crippen molar-refractivity contribution in [2.45, 2.75) is 45.7 Å². The van der Waals surface area contributed by atoms with Gasteiger partial charge < -0.3 is 0 Å². The third-order valence-electron chi connectivity index (χ3n) is 4.13. The van der Waals surface area contributed by atoms with Crippen molar-refractivity contribution in [2.24, 2.45) is 0 Å². The zero-order chi connectivity index (χ0) is 14.8. The monoisotopic (exact) mass is 285 g/mol. The van der Waals surface area contributed by atoms with Crippen LogP contribution in [0.4, 0.5) is 0 Å². The van der Waals surface area contributed by atoms with Gasteiger partial charge in [-0.05, 0) is 51.9 Å². The molecule has 5 heteroatoms. The summed E-state index contributed by atoms with van der Waals surface area (Å²) in [6.07, 6.45) is 5.34. The number of rotatable bonds is 4. The molecule has 3 heterocycles. The minimum atomic E-state index is 0.424. The summed E-state index contributed by atoms with van der Waals surface area (Å²) in [4.78, 5) is 11.7. The van der Waals surface area contributed by atoms with Gasteiger partial charge in [-0.25, -0.2) is 9.97 Å². The van der Waals surface area contributed by atoms with E-state index in [1.165, 1.54) is 12.8 Å². The predicted molar refractivity (Wildman–Crippen MR) is 82.9 cm³/mol. The Morgan fingerprint density at radius 2 is 2.19 bits per heavy atom. The fraction of sp³-hybridized carbons (Fsp3) is 0.562. The second kappa shape index (κ2) is 5.93. The molecular formula is C16H23N5. The molecule has 0 saturated carbocycles. The summed E-state index contributed by atoms with van der Waals surface area (Å²) in [5, 5.41) is 4.40. The summed E-state index contributed by atoms with van der Waals surface area (Å²) in [6.45, 7) is 6.21. The van der Waals surface area contributed by atoms with Crippen LogP contribution in [-0.2, 0) is 6.54 Å². The Bertz CT molecular complexity index is 619. The van der Waals surface area contributed by atoms with Crippen LogP contribution in [0.3, 0.4) is 0 Å². The number of hydrogen-bond acceptors (Lipinski definition) is 4. The van der Waals surface area contributed by atoms with E-state index >= 15 is 0 Å². The summed E-state index contributed by atoms with van der Waals surface area (Å²) in [5.41, 5.74) is 3.22. The summed E-state index contributed by atoms with van der Waals surface area (Å²) in [6, 6.07) is 4.61. The summed E-state index contributed by atoms with van der Waals surface area (Å²) < 4.78 is 2.03. The highest BCUT2D eigenvalue weighted by atomic mass is 15.3. The Kier molecular flexibility index (Phi) is 4.01. The third-order valence-corrected chi connectivity index (χ3v) is 4.13. The van der Waals surface area contributed by atoms with Crippen molar-refractivity contribution in [3.63, 3.8) is 0 Å². The van der Waals surface area contributed by atoms with Gasteiger partial charge >= 0.3 is 0 Å². The molecule has 1 aliphatic heterocycles. The molecule has 0 spiro atoms. The Hall–Kier alpha value is -1.75. The van der Waals surface area contributed by atoms with Gasteiger partial charge in [-0.1, -0.05) is 6.92 Å². The van der Waals surface area contributed by atoms with E-state index in [0.29, 0.717) is 6.04 Å². The maximum atomic E-state index is 4.67. The minimum absolute atomic E-state index is 0.424. The maximum Gasteiger partial charge on any atom is 0.126 e. The molecule has 0 amide bonds. The van der Waals surface area contributed by atoms with E-state index in [2.05, 4.69) is 40.0 Å². The molecule has 112 valence electrons. The van der Waals surface area contributed by atoms with Gasteiger partial charge in [-0.2, -0.15) is 5.10 Å². The van der Waals surface area contributed by atoms with Crippen molar-refractivity contribution in [3.05, 3.63) is 29.8 Å². The first-order chi connectivity index (χ1) is 10.2. The molecular weight excluding hydrogens is 262 g/mol. The summed E-state index contributed by atoms with van der Waals surface area (Å²) >= 11 is 0. The van der Waals surface area contributed by atoms with Crippen LogP contribution in [0.5, 0.6) is 0 Å². The smallest absolute Gasteiger partial charge is 0.126 e. The lowest BCUT2D eigenvalue weighted by molar-refractivity contribution is 0.311. The van der Waals surface area contributed by atoms with E-state index < -0.39 is 0 Å². The highest BCUT2D eigenvalue weighted by Crippen LogP contribution is 2.31. The highest BCUT2D eigenvalue weighted by Gasteiger charge is 2.25. The van der Waals surface area contributed by atoms with Gasteiger partial charge in [-0.3, -0.25) is 9.58 Å². The van der Waals surface area contributed by atoms with E-state index in [-0.39, 0.29) is 0 Å². The molecule has 5 nitrogen and oxygen atoms in total. The Morgan fingerprint density at radius 1 is 1.33 bits per heavy atom. The highest BCUT2D eigenvalue weighted by molar-refractivity contribution is 5.54. The average Bonchev–Trinajstić information content (AvgIpc) is 3.07. The van der Waals surface area contributed by atoms with E-state index in [1.807, 2.05) is 23.9 Å². The van der Waals surface area contributed by atoms with Crippen molar-refractivity contribution in [1.82, 2.24) is 24.6 Å². The molecule has 3 rings (SSSR count). The van der Waals surface area contributed by atoms with Gasteiger partial charge in [0, 0.05) is 12.7 Å². The molecule has 2 aromatic rings. The van der Waals surface area contributed by atoms with E-state index in [4.69, 9.17) is 0 Å². The molecule has 0 radical (unpaired) electrons. The molecule has 0 bridgehead atoms. The number of aromatic nitrogens is 4. The van der Waals surface area contributed by atoms with Crippen LogP contribution in [0.25, 0.3) is 11.4 Å². The topological polar surface area (TPSA) is 46.8 Å². The number of hydrogen-bond donors (Lipinski definition) is 0. The van der Waals surface area contributed by atoms with Gasteiger partial charge in [0.25, 0.3) is 0 Å². The van der Waals surface area contributed by atoms with E-state index in [0.717, 1.165) is 42.4 Å². The first-order valence-corrected chi connectivity index (χ1v) is 7.77. The molecule has 1 fully saturated rings. The molecule has 0 unspecified atom stereocenters. The lowest BCUT2D eigenvalue weighted by Gasteiger charge is -2.19. The van der Waals surface area contributed by atoms with Gasteiger partial charge in [0.05, 0.1) is 23.1 Å². The number of aryl methyl sites for hydroxylation is 2. The minimum Gasteiger partial charge on any atom is -0.298 e. The van der Waals surface area contributed by atoms with Crippen LogP contribution in [0.1, 0.15) is 43.7 Å². The predicted octanol–water partition coefficient (Wildman–Crippen LogP) is 2.83. The molecule has 0 aromatic carbocycles. The van der Waals surface area contributed by atoms with Crippen molar-refractivity contribution < 1.29 is 0 Å². The van der Waals surface area contributed by atoms with Crippen LogP contribution in [0.15, 0.2) is 18.3 Å². The fourth-order valence-corrected chi connectivity index (χ4v) is 3.12. The maximum absolute atomic E-state index is 4.67. The lowest BCUT2D eigenvalue weighted by Crippen LogP contribution is -2.19. The number of likely N-dealkylation sites (tertiary alicyclic amines) is 1. The van der Waals surface area contributed by atoms with Crippen LogP contribution in [0, 0.1) is 6.92 Å². The van der Waals surface area contributed by atoms with Crippen molar-refractivity contribution >= 4 is 0 Å². The number of nitrogens with zero attached hydrogens (tertiary/aromatic N) is 5. The fourth-order valence-electron chi connectivity index (χ4n) is 3.12. The van der Waals surface area contributed by atoms with Crippen molar-refractivity contribution in [3.8, 4) is 11.4 Å². The Labute approximate surface area is 126 Å². The third kappa shape index (κ3) is 2.83. The summed E-state index contributed by atoms with van der Waals surface area (Å²) in [7, 11) is 2.18. The summed E-state index contributed by atoms with van der Waals surface area (Å²) in [5.74, 6) is 0.840. The van der Waals surface area contributed by atoms with Crippen LogP contribution >= 0.6 is 0 Å². The van der Waals surface area contributed by atoms with Crippen LogP contribution < -0.4 is 0 Å². The second-order valence-electron chi connectivity index (χ2n) is 5.80. The van der Waals surface area contributed by atoms with Crippen LogP contribution in [-0.4, -0.2) is 38.2 Å². The van der Waals surface area contributed by atoms with Crippen LogP contribution in [0.2, 0.25) is 0 Å². The molecule has 1 aliphatic rings. The quantitative estimate of drug-likeness (QED) is 0.866. The Morgan fingerprint density at radius 3 is 2.90 bits per heavy atom. The molecule has 0 N–H and O–H groups in total. The lowest BCUT2D eigenvalue weighted by atomic mass is 10.1. The molecule has 2 aromatic heterocycles. The van der Waals surface area contributed by atoms with E-state index in [9.17, 15) is 0 Å². The van der Waals surface area contributed by atoms with Gasteiger partial charge in [0.15, 0.2) is 0 Å². The zero-order valence-electron chi connectivity index (χ0n) is 13.1. The van der Waals surface area contributed by atoms with Crippen molar-refractivity contribution in [1.29, 1.82) is 0 Å². The second-order valence-corrected chi connectivity index (χ2v) is 5.80. The molecule has 1 saturated heterocycles. The largest absolute Gasteiger partial charge is 0.298 e. The first-order valence-electron chi connectivity index (χ1n) is 7.77. The SMILES string of the molecule is CCCn1nccc1-c1cc([C@@H]2CCCN2C)nc(C)n1. The molecule has 0 aliphatic carbocycles. The van der Waals surface area contributed by atoms with Gasteiger partial charge in [0.2, 0.25) is 0 Å².